The molecule has 0 saturated heterocycles. The van der Waals surface area contributed by atoms with Gasteiger partial charge in [0.15, 0.2) is 0 Å². The van der Waals surface area contributed by atoms with Gasteiger partial charge in [0.05, 0.1) is 13.2 Å². The maximum Gasteiger partial charge on any atom is 0.274 e. The molecule has 6 nitrogen and oxygen atoms in total. The number of hydrogen-bond donors (Lipinski definition) is 0. The van der Waals surface area contributed by atoms with Gasteiger partial charge in [0.1, 0.15) is 5.69 Å². The van der Waals surface area contributed by atoms with Crippen LogP contribution in [0.3, 0.4) is 0 Å². The van der Waals surface area contributed by atoms with E-state index in [9.17, 15) is 9.59 Å². The Labute approximate surface area is 139 Å². The fourth-order valence-electron chi connectivity index (χ4n) is 2.03. The molecule has 0 unspecified atom stereocenters. The molecule has 7 heteroatoms. The Morgan fingerprint density at radius 1 is 1.26 bits per heavy atom. The Balaban J connectivity index is 2.12. The van der Waals surface area contributed by atoms with Crippen molar-refractivity contribution in [2.75, 3.05) is 20.8 Å². The molecule has 0 radical (unpaired) electrons. The summed E-state index contributed by atoms with van der Waals surface area (Å²) >= 11 is 5.85. The molecule has 122 valence electrons. The van der Waals surface area contributed by atoms with Crippen molar-refractivity contribution in [1.29, 1.82) is 0 Å². The molecule has 0 aliphatic heterocycles. The van der Waals surface area contributed by atoms with Crippen LogP contribution in [0.25, 0.3) is 0 Å². The summed E-state index contributed by atoms with van der Waals surface area (Å²) in [6, 6.07) is 10.0. The van der Waals surface area contributed by atoms with Crippen molar-refractivity contribution in [3.63, 3.8) is 0 Å². The molecule has 1 aromatic carbocycles. The van der Waals surface area contributed by atoms with Crippen LogP contribution in [0, 0.1) is 0 Å². The third-order valence-corrected chi connectivity index (χ3v) is 3.52. The first-order valence-corrected chi connectivity index (χ1v) is 7.46. The van der Waals surface area contributed by atoms with Gasteiger partial charge in [0.2, 0.25) is 0 Å². The van der Waals surface area contributed by atoms with Crippen LogP contribution in [0.15, 0.2) is 41.2 Å². The minimum Gasteiger partial charge on any atom is -0.383 e. The number of benzene rings is 1. The molecule has 0 fully saturated rings. The average Bonchev–Trinajstić information content (AvgIpc) is 2.55. The molecule has 23 heavy (non-hydrogen) atoms. The minimum absolute atomic E-state index is 0.220. The lowest BCUT2D eigenvalue weighted by Gasteiger charge is -2.17. The van der Waals surface area contributed by atoms with Crippen LogP contribution in [0.2, 0.25) is 5.02 Å². The normalized spacial score (nSPS) is 10.6. The molecule has 0 N–H and O–H groups in total. The number of ether oxygens (including phenoxy) is 1. The van der Waals surface area contributed by atoms with Crippen molar-refractivity contribution >= 4 is 17.5 Å². The van der Waals surface area contributed by atoms with E-state index in [1.807, 2.05) is 12.1 Å². The zero-order valence-electron chi connectivity index (χ0n) is 13.0. The van der Waals surface area contributed by atoms with Gasteiger partial charge in [-0.3, -0.25) is 9.59 Å². The molecule has 2 aromatic rings. The summed E-state index contributed by atoms with van der Waals surface area (Å²) in [7, 11) is 3.23. The number of hydrogen-bond acceptors (Lipinski definition) is 4. The van der Waals surface area contributed by atoms with Gasteiger partial charge >= 0.3 is 0 Å². The van der Waals surface area contributed by atoms with E-state index >= 15 is 0 Å². The highest BCUT2D eigenvalue weighted by molar-refractivity contribution is 6.30. The van der Waals surface area contributed by atoms with Crippen LogP contribution in [0.4, 0.5) is 0 Å². The van der Waals surface area contributed by atoms with Crippen molar-refractivity contribution in [3.05, 3.63) is 63.0 Å². The van der Waals surface area contributed by atoms with Crippen LogP contribution in [-0.2, 0) is 17.8 Å². The number of nitrogens with zero attached hydrogens (tertiary/aromatic N) is 3. The van der Waals surface area contributed by atoms with Gasteiger partial charge in [-0.05, 0) is 23.8 Å². The van der Waals surface area contributed by atoms with Crippen LogP contribution >= 0.6 is 11.6 Å². The van der Waals surface area contributed by atoms with Gasteiger partial charge in [0, 0.05) is 31.8 Å². The number of methoxy groups -OCH3 is 1. The zero-order valence-corrected chi connectivity index (χ0v) is 13.8. The van der Waals surface area contributed by atoms with Crippen LogP contribution in [0.1, 0.15) is 16.1 Å². The maximum atomic E-state index is 12.4. The molecular weight excluding hydrogens is 318 g/mol. The summed E-state index contributed by atoms with van der Waals surface area (Å²) in [5, 5.41) is 4.75. The summed E-state index contributed by atoms with van der Waals surface area (Å²) in [5.41, 5.74) is 0.911. The van der Waals surface area contributed by atoms with E-state index in [0.29, 0.717) is 24.7 Å². The van der Waals surface area contributed by atoms with Gasteiger partial charge in [-0.2, -0.15) is 5.10 Å². The lowest BCUT2D eigenvalue weighted by Crippen LogP contribution is -2.31. The fraction of sp³-hybridized carbons (Fsp3) is 0.312. The topological polar surface area (TPSA) is 64.4 Å². The summed E-state index contributed by atoms with van der Waals surface area (Å²) < 4.78 is 6.16. The second-order valence-electron chi connectivity index (χ2n) is 5.06. The number of halogens is 1. The van der Waals surface area contributed by atoms with E-state index in [2.05, 4.69) is 5.10 Å². The van der Waals surface area contributed by atoms with Crippen molar-refractivity contribution in [2.45, 2.75) is 13.1 Å². The smallest absolute Gasteiger partial charge is 0.274 e. The van der Waals surface area contributed by atoms with Crippen molar-refractivity contribution in [1.82, 2.24) is 14.7 Å². The van der Waals surface area contributed by atoms with E-state index in [0.717, 1.165) is 5.56 Å². The first-order chi connectivity index (χ1) is 11.0. The van der Waals surface area contributed by atoms with E-state index in [1.165, 1.54) is 21.7 Å². The van der Waals surface area contributed by atoms with Crippen LogP contribution in [0.5, 0.6) is 0 Å². The SMILES string of the molecule is COCCn1nc(C(=O)N(C)Cc2ccc(Cl)cc2)ccc1=O. The average molecular weight is 336 g/mol. The minimum atomic E-state index is -0.265. The third kappa shape index (κ3) is 4.64. The summed E-state index contributed by atoms with van der Waals surface area (Å²) in [4.78, 5) is 25.7. The number of aromatic nitrogens is 2. The van der Waals surface area contributed by atoms with Crippen molar-refractivity contribution in [2.24, 2.45) is 0 Å². The highest BCUT2D eigenvalue weighted by atomic mass is 35.5. The second kappa shape index (κ2) is 7.89. The van der Waals surface area contributed by atoms with Crippen molar-refractivity contribution in [3.8, 4) is 0 Å². The van der Waals surface area contributed by atoms with Gasteiger partial charge in [-0.1, -0.05) is 23.7 Å². The largest absolute Gasteiger partial charge is 0.383 e. The number of amides is 1. The van der Waals surface area contributed by atoms with E-state index in [4.69, 9.17) is 16.3 Å². The standard InChI is InChI=1S/C16H18ClN3O3/c1-19(11-12-3-5-13(17)6-4-12)16(22)14-7-8-15(21)20(18-14)9-10-23-2/h3-8H,9-11H2,1-2H3. The molecule has 0 saturated carbocycles. The van der Waals surface area contributed by atoms with E-state index in [-0.39, 0.29) is 17.2 Å². The van der Waals surface area contributed by atoms with E-state index in [1.54, 1.807) is 26.3 Å². The quantitative estimate of drug-likeness (QED) is 0.807. The highest BCUT2D eigenvalue weighted by Gasteiger charge is 2.15. The molecule has 1 amide bonds. The molecule has 0 aliphatic carbocycles. The number of carbonyl (C=O) groups excluding carboxylic acids is 1. The predicted molar refractivity (Wildman–Crippen MR) is 87.6 cm³/mol. The fourth-order valence-corrected chi connectivity index (χ4v) is 2.16. The predicted octanol–water partition coefficient (Wildman–Crippen LogP) is 1.82. The molecule has 1 aromatic heterocycles. The molecule has 2 rings (SSSR count). The molecule has 1 heterocycles. The lowest BCUT2D eigenvalue weighted by molar-refractivity contribution is 0.0775. The molecular formula is C16H18ClN3O3. The first kappa shape index (κ1) is 17.2. The van der Waals surface area contributed by atoms with Crippen LogP contribution < -0.4 is 5.56 Å². The molecule has 0 atom stereocenters. The first-order valence-electron chi connectivity index (χ1n) is 7.08. The summed E-state index contributed by atoms with van der Waals surface area (Å²) in [6.45, 7) is 1.08. The van der Waals surface area contributed by atoms with Crippen molar-refractivity contribution < 1.29 is 9.53 Å². The third-order valence-electron chi connectivity index (χ3n) is 3.27. The van der Waals surface area contributed by atoms with Gasteiger partial charge in [-0.15, -0.1) is 0 Å². The molecule has 0 spiro atoms. The number of carbonyl (C=O) groups is 1. The Kier molecular flexibility index (Phi) is 5.90. The van der Waals surface area contributed by atoms with E-state index < -0.39 is 0 Å². The second-order valence-corrected chi connectivity index (χ2v) is 5.50. The Hall–Kier alpha value is -2.18. The molecule has 0 bridgehead atoms. The Morgan fingerprint density at radius 2 is 1.96 bits per heavy atom. The van der Waals surface area contributed by atoms with Gasteiger partial charge in [-0.25, -0.2) is 4.68 Å². The number of rotatable bonds is 6. The maximum absolute atomic E-state index is 12.4. The monoisotopic (exact) mass is 335 g/mol. The van der Waals surface area contributed by atoms with Crippen LogP contribution in [-0.4, -0.2) is 41.4 Å². The van der Waals surface area contributed by atoms with Gasteiger partial charge < -0.3 is 9.64 Å². The zero-order chi connectivity index (χ0) is 16.8. The Morgan fingerprint density at radius 3 is 2.61 bits per heavy atom. The Bertz CT molecular complexity index is 728. The summed E-state index contributed by atoms with van der Waals surface area (Å²) in [5.74, 6) is -0.258. The molecule has 0 aliphatic rings. The lowest BCUT2D eigenvalue weighted by atomic mass is 10.2. The highest BCUT2D eigenvalue weighted by Crippen LogP contribution is 2.11. The summed E-state index contributed by atoms with van der Waals surface area (Å²) in [6.07, 6.45) is 0. The van der Waals surface area contributed by atoms with Gasteiger partial charge in [0.25, 0.3) is 11.5 Å².